The molecular weight excluding hydrogens is 433 g/mol. The van der Waals surface area contributed by atoms with Crippen LogP contribution in [0.2, 0.25) is 0 Å². The van der Waals surface area contributed by atoms with E-state index >= 15 is 0 Å². The number of anilines is 1. The van der Waals surface area contributed by atoms with Gasteiger partial charge in [-0.05, 0) is 43.3 Å². The Morgan fingerprint density at radius 2 is 1.84 bits per heavy atom. The highest BCUT2D eigenvalue weighted by Crippen LogP contribution is 2.37. The molecule has 0 radical (unpaired) electrons. The van der Waals surface area contributed by atoms with Crippen LogP contribution in [0.5, 0.6) is 0 Å². The van der Waals surface area contributed by atoms with E-state index < -0.39 is 46.5 Å². The number of nitrogens with zero attached hydrogens (tertiary/aromatic N) is 3. The third-order valence-corrected chi connectivity index (χ3v) is 4.31. The molecule has 0 aliphatic carbocycles. The quantitative estimate of drug-likeness (QED) is 0.347. The molecule has 0 atom stereocenters. The van der Waals surface area contributed by atoms with Crippen LogP contribution < -0.4 is 5.32 Å². The number of aromatic nitrogens is 2. The van der Waals surface area contributed by atoms with Gasteiger partial charge < -0.3 is 10.1 Å². The summed E-state index contributed by atoms with van der Waals surface area (Å²) < 4.78 is 46.0. The molecule has 0 saturated carbocycles. The largest absolute Gasteiger partial charge is 0.452 e. The molecule has 0 fully saturated rings. The summed E-state index contributed by atoms with van der Waals surface area (Å²) in [4.78, 5) is 33.9. The van der Waals surface area contributed by atoms with E-state index in [1.165, 1.54) is 12.1 Å². The third-order valence-electron chi connectivity index (χ3n) is 4.31. The molecule has 0 saturated heterocycles. The number of benzene rings is 2. The maximum Gasteiger partial charge on any atom is 0.418 e. The summed E-state index contributed by atoms with van der Waals surface area (Å²) in [5.74, 6) is -1.90. The molecule has 0 bridgehead atoms. The van der Waals surface area contributed by atoms with E-state index in [4.69, 9.17) is 4.74 Å². The predicted molar refractivity (Wildman–Crippen MR) is 105 cm³/mol. The number of amides is 1. The van der Waals surface area contributed by atoms with Crippen LogP contribution in [0.1, 0.15) is 21.6 Å². The van der Waals surface area contributed by atoms with Gasteiger partial charge in [-0.25, -0.2) is 9.48 Å². The normalized spacial score (nSPS) is 11.1. The third kappa shape index (κ3) is 5.09. The molecule has 1 amide bonds. The van der Waals surface area contributed by atoms with Crippen LogP contribution in [0, 0.1) is 17.0 Å². The average molecular weight is 448 g/mol. The van der Waals surface area contributed by atoms with Crippen LogP contribution in [0.25, 0.3) is 5.69 Å². The van der Waals surface area contributed by atoms with Gasteiger partial charge in [-0.3, -0.25) is 14.9 Å². The summed E-state index contributed by atoms with van der Waals surface area (Å²) in [6, 6.07) is 9.83. The number of halogens is 3. The van der Waals surface area contributed by atoms with Gasteiger partial charge in [-0.15, -0.1) is 0 Å². The van der Waals surface area contributed by atoms with Gasteiger partial charge in [-0.1, -0.05) is 0 Å². The van der Waals surface area contributed by atoms with Crippen LogP contribution in [0.15, 0.2) is 54.7 Å². The lowest BCUT2D eigenvalue weighted by Crippen LogP contribution is -2.23. The van der Waals surface area contributed by atoms with Crippen LogP contribution in [0.4, 0.5) is 24.5 Å². The molecule has 0 aliphatic rings. The molecule has 0 spiro atoms. The highest BCUT2D eigenvalue weighted by molar-refractivity contribution is 5.96. The molecule has 3 rings (SSSR count). The number of aryl methyl sites for hydroxylation is 1. The SMILES string of the molecule is Cc1ccnn1-c1ccc(C(=O)OCC(=O)Nc2ccc([N+](=O)[O-])cc2C(F)(F)F)cc1. The van der Waals surface area contributed by atoms with Crippen LogP contribution in [-0.4, -0.2) is 33.2 Å². The molecule has 1 N–H and O–H groups in total. The fourth-order valence-corrected chi connectivity index (χ4v) is 2.77. The molecule has 12 heteroatoms. The number of carbonyl (C=O) groups excluding carboxylic acids is 2. The monoisotopic (exact) mass is 448 g/mol. The Kier molecular flexibility index (Phi) is 6.23. The highest BCUT2D eigenvalue weighted by atomic mass is 19.4. The standard InChI is InChI=1S/C20H15F3N4O5/c1-12-8-9-24-26(12)14-4-2-13(3-5-14)19(29)32-11-18(28)25-17-7-6-15(27(30)31)10-16(17)20(21,22)23/h2-10H,11H2,1H3,(H,25,28). The smallest absolute Gasteiger partial charge is 0.418 e. The first-order valence-electron chi connectivity index (χ1n) is 9.00. The lowest BCUT2D eigenvalue weighted by atomic mass is 10.1. The summed E-state index contributed by atoms with van der Waals surface area (Å²) >= 11 is 0. The molecule has 9 nitrogen and oxygen atoms in total. The molecule has 1 heterocycles. The molecule has 166 valence electrons. The van der Waals surface area contributed by atoms with Gasteiger partial charge in [0.2, 0.25) is 0 Å². The molecule has 3 aromatic rings. The van der Waals surface area contributed by atoms with Gasteiger partial charge in [-0.2, -0.15) is 18.3 Å². The van der Waals surface area contributed by atoms with Crippen molar-refractivity contribution in [3.63, 3.8) is 0 Å². The van der Waals surface area contributed by atoms with Crippen molar-refractivity contribution in [2.45, 2.75) is 13.1 Å². The van der Waals surface area contributed by atoms with Crippen molar-refractivity contribution in [3.05, 3.63) is 81.7 Å². The Balaban J connectivity index is 1.64. The van der Waals surface area contributed by atoms with E-state index in [0.29, 0.717) is 11.8 Å². The van der Waals surface area contributed by atoms with E-state index in [1.54, 1.807) is 29.1 Å². The van der Waals surface area contributed by atoms with E-state index in [0.717, 1.165) is 17.8 Å². The zero-order valence-electron chi connectivity index (χ0n) is 16.4. The first-order valence-corrected chi connectivity index (χ1v) is 9.00. The summed E-state index contributed by atoms with van der Waals surface area (Å²) in [6.07, 6.45) is -3.33. The molecule has 0 unspecified atom stereocenters. The second-order valence-electron chi connectivity index (χ2n) is 6.54. The molecule has 1 aromatic heterocycles. The van der Waals surface area contributed by atoms with Gasteiger partial charge >= 0.3 is 12.1 Å². The minimum Gasteiger partial charge on any atom is -0.452 e. The van der Waals surface area contributed by atoms with Crippen LogP contribution in [0.3, 0.4) is 0 Å². The number of ether oxygens (including phenoxy) is 1. The maximum atomic E-state index is 13.2. The number of rotatable bonds is 6. The minimum atomic E-state index is -4.94. The average Bonchev–Trinajstić information content (AvgIpc) is 3.17. The number of non-ortho nitro benzene ring substituents is 1. The van der Waals surface area contributed by atoms with Crippen molar-refractivity contribution < 1.29 is 32.4 Å². The Bertz CT molecular complexity index is 1170. The van der Waals surface area contributed by atoms with Gasteiger partial charge in [0, 0.05) is 24.0 Å². The van der Waals surface area contributed by atoms with Crippen molar-refractivity contribution in [3.8, 4) is 5.69 Å². The number of alkyl halides is 3. The number of nitro groups is 1. The van der Waals surface area contributed by atoms with Crippen molar-refractivity contribution in [1.29, 1.82) is 0 Å². The Labute approximate surface area is 178 Å². The maximum absolute atomic E-state index is 13.2. The topological polar surface area (TPSA) is 116 Å². The summed E-state index contributed by atoms with van der Waals surface area (Å²) in [7, 11) is 0. The number of hydrogen-bond donors (Lipinski definition) is 1. The Morgan fingerprint density at radius 3 is 2.41 bits per heavy atom. The van der Waals surface area contributed by atoms with Crippen molar-refractivity contribution >= 4 is 23.3 Å². The van der Waals surface area contributed by atoms with Crippen molar-refractivity contribution in [2.24, 2.45) is 0 Å². The zero-order chi connectivity index (χ0) is 23.5. The molecule has 32 heavy (non-hydrogen) atoms. The molecule has 2 aromatic carbocycles. The van der Waals surface area contributed by atoms with E-state index in [-0.39, 0.29) is 5.56 Å². The first-order chi connectivity index (χ1) is 15.1. The van der Waals surface area contributed by atoms with Crippen LogP contribution in [-0.2, 0) is 15.7 Å². The first kappa shape index (κ1) is 22.5. The van der Waals surface area contributed by atoms with Crippen LogP contribution >= 0.6 is 0 Å². The number of hydrogen-bond acceptors (Lipinski definition) is 6. The highest BCUT2D eigenvalue weighted by Gasteiger charge is 2.35. The second-order valence-corrected chi connectivity index (χ2v) is 6.54. The van der Waals surface area contributed by atoms with Crippen molar-refractivity contribution in [1.82, 2.24) is 9.78 Å². The number of esters is 1. The summed E-state index contributed by atoms with van der Waals surface area (Å²) in [6.45, 7) is 0.996. The summed E-state index contributed by atoms with van der Waals surface area (Å²) in [5, 5.41) is 16.8. The second kappa shape index (κ2) is 8.88. The van der Waals surface area contributed by atoms with Crippen molar-refractivity contribution in [2.75, 3.05) is 11.9 Å². The van der Waals surface area contributed by atoms with Gasteiger partial charge in [0.25, 0.3) is 11.6 Å². The van der Waals surface area contributed by atoms with Gasteiger partial charge in [0.05, 0.1) is 27.4 Å². The number of nitro benzene ring substituents is 1. The number of nitrogens with one attached hydrogen (secondary N) is 1. The molecule has 0 aliphatic heterocycles. The minimum absolute atomic E-state index is 0.123. The predicted octanol–water partition coefficient (Wildman–Crippen LogP) is 3.90. The summed E-state index contributed by atoms with van der Waals surface area (Å²) in [5.41, 5.74) is -1.17. The van der Waals surface area contributed by atoms with E-state index in [9.17, 15) is 32.9 Å². The lowest BCUT2D eigenvalue weighted by Gasteiger charge is -2.13. The Hall–Kier alpha value is -4.22. The zero-order valence-corrected chi connectivity index (χ0v) is 16.4. The lowest BCUT2D eigenvalue weighted by molar-refractivity contribution is -0.385. The molecular formula is C20H15F3N4O5. The van der Waals surface area contributed by atoms with E-state index in [1.807, 2.05) is 12.2 Å². The van der Waals surface area contributed by atoms with Gasteiger partial charge in [0.1, 0.15) is 0 Å². The van der Waals surface area contributed by atoms with E-state index in [2.05, 4.69) is 5.10 Å². The number of carbonyl (C=O) groups is 2. The Morgan fingerprint density at radius 1 is 1.16 bits per heavy atom. The fourth-order valence-electron chi connectivity index (χ4n) is 2.77. The fraction of sp³-hybridized carbons (Fsp3) is 0.150. The van der Waals surface area contributed by atoms with Gasteiger partial charge in [0.15, 0.2) is 6.61 Å².